The minimum absolute atomic E-state index is 0.109. The topological polar surface area (TPSA) is 103 Å². The highest BCUT2D eigenvalue weighted by Gasteiger charge is 2.25. The maximum Gasteiger partial charge on any atom is 0.407 e. The Hall–Kier alpha value is -3.75. The van der Waals surface area contributed by atoms with Crippen LogP contribution in [0.15, 0.2) is 72.8 Å². The summed E-state index contributed by atoms with van der Waals surface area (Å²) in [7, 11) is 1.47. The standard InChI is InChI=1S/C31H36ClN3O5/c1-38-29-18-28(33)27(32)17-26(29)30(36)39-20-24-12-14-35(15-13-24)19-25(16-22-8-4-2-5-9-22)34-31(37)40-21-23-10-6-3-7-11-23/h2-11,17-18,24-25H,12-16,19-21,33H2,1H3,(H,34,37)/t25-/m0/s1. The molecule has 3 N–H and O–H groups in total. The maximum atomic E-state index is 12.7. The monoisotopic (exact) mass is 565 g/mol. The number of halogens is 1. The fourth-order valence-electron chi connectivity index (χ4n) is 4.81. The predicted molar refractivity (Wildman–Crippen MR) is 156 cm³/mol. The molecule has 0 bridgehead atoms. The number of hydrogen-bond donors (Lipinski definition) is 2. The first-order chi connectivity index (χ1) is 19.4. The number of piperidine rings is 1. The molecule has 3 aromatic rings. The van der Waals surface area contributed by atoms with Crippen LogP contribution in [-0.4, -0.2) is 56.4 Å². The maximum absolute atomic E-state index is 12.7. The van der Waals surface area contributed by atoms with Crippen LogP contribution in [0, 0.1) is 5.92 Å². The minimum atomic E-state index is -0.484. The first kappa shape index (κ1) is 29.2. The molecule has 1 aliphatic rings. The quantitative estimate of drug-likeness (QED) is 0.239. The van der Waals surface area contributed by atoms with Crippen LogP contribution in [-0.2, 0) is 22.5 Å². The van der Waals surface area contributed by atoms with Gasteiger partial charge in [0.2, 0.25) is 0 Å². The van der Waals surface area contributed by atoms with Crippen LogP contribution in [0.25, 0.3) is 0 Å². The van der Waals surface area contributed by atoms with Gasteiger partial charge < -0.3 is 30.2 Å². The molecule has 0 aromatic heterocycles. The van der Waals surface area contributed by atoms with Crippen LogP contribution in [0.4, 0.5) is 10.5 Å². The molecule has 0 radical (unpaired) electrons. The summed E-state index contributed by atoms with van der Waals surface area (Å²) in [6.45, 7) is 2.91. The van der Waals surface area contributed by atoms with Crippen molar-refractivity contribution in [3.8, 4) is 5.75 Å². The van der Waals surface area contributed by atoms with Gasteiger partial charge in [-0.1, -0.05) is 72.3 Å². The van der Waals surface area contributed by atoms with E-state index >= 15 is 0 Å². The van der Waals surface area contributed by atoms with Crippen LogP contribution in [0.3, 0.4) is 0 Å². The van der Waals surface area contributed by atoms with E-state index in [1.54, 1.807) is 0 Å². The van der Waals surface area contributed by atoms with Gasteiger partial charge in [0.15, 0.2) is 0 Å². The van der Waals surface area contributed by atoms with Crippen LogP contribution in [0.1, 0.15) is 34.3 Å². The van der Waals surface area contributed by atoms with Gasteiger partial charge in [0, 0.05) is 18.7 Å². The molecule has 40 heavy (non-hydrogen) atoms. The molecule has 1 amide bonds. The Balaban J connectivity index is 1.27. The molecule has 0 aliphatic carbocycles. The zero-order valence-corrected chi connectivity index (χ0v) is 23.4. The summed E-state index contributed by atoms with van der Waals surface area (Å²) in [6, 6.07) is 22.6. The molecule has 212 valence electrons. The molecule has 1 heterocycles. The third-order valence-corrected chi connectivity index (χ3v) is 7.36. The molecule has 1 aliphatic heterocycles. The number of amides is 1. The molecule has 3 aromatic carbocycles. The Morgan fingerprint density at radius 2 is 1.65 bits per heavy atom. The molecule has 0 spiro atoms. The van der Waals surface area contributed by atoms with E-state index in [0.29, 0.717) is 31.0 Å². The molecule has 8 nitrogen and oxygen atoms in total. The van der Waals surface area contributed by atoms with Gasteiger partial charge in [-0.25, -0.2) is 9.59 Å². The lowest BCUT2D eigenvalue weighted by Gasteiger charge is -2.34. The van der Waals surface area contributed by atoms with Crippen LogP contribution in [0.2, 0.25) is 5.02 Å². The van der Waals surface area contributed by atoms with Crippen molar-refractivity contribution in [2.75, 3.05) is 39.1 Å². The second kappa shape index (κ2) is 14.6. The lowest BCUT2D eigenvalue weighted by Crippen LogP contribution is -2.47. The van der Waals surface area contributed by atoms with Gasteiger partial charge in [0.1, 0.15) is 17.9 Å². The van der Waals surface area contributed by atoms with Gasteiger partial charge in [-0.05, 0) is 55.5 Å². The zero-order valence-electron chi connectivity index (χ0n) is 22.7. The van der Waals surface area contributed by atoms with Crippen LogP contribution in [0.5, 0.6) is 5.75 Å². The third kappa shape index (κ3) is 8.63. The van der Waals surface area contributed by atoms with Gasteiger partial charge >= 0.3 is 12.1 Å². The highest BCUT2D eigenvalue weighted by molar-refractivity contribution is 6.33. The number of nitrogens with one attached hydrogen (secondary N) is 1. The van der Waals surface area contributed by atoms with Crippen molar-refractivity contribution in [2.24, 2.45) is 5.92 Å². The van der Waals surface area contributed by atoms with E-state index in [1.807, 2.05) is 48.5 Å². The highest BCUT2D eigenvalue weighted by Crippen LogP contribution is 2.30. The number of carbonyl (C=O) groups excluding carboxylic acids is 2. The lowest BCUT2D eigenvalue weighted by molar-refractivity contribution is 0.0365. The number of esters is 1. The molecule has 0 saturated carbocycles. The van der Waals surface area contributed by atoms with Crippen LogP contribution < -0.4 is 15.8 Å². The number of rotatable bonds is 11. The van der Waals surface area contributed by atoms with E-state index in [4.69, 9.17) is 31.5 Å². The SMILES string of the molecule is COc1cc(N)c(Cl)cc1C(=O)OCC1CCN(C[C@H](Cc2ccccc2)NC(=O)OCc2ccccc2)CC1. The fraction of sp³-hybridized carbons (Fsp3) is 0.355. The van der Waals surface area contributed by atoms with E-state index in [-0.39, 0.29) is 29.2 Å². The van der Waals surface area contributed by atoms with E-state index in [0.717, 1.165) is 37.1 Å². The zero-order chi connectivity index (χ0) is 28.3. The van der Waals surface area contributed by atoms with Gasteiger partial charge in [-0.2, -0.15) is 0 Å². The fourth-order valence-corrected chi connectivity index (χ4v) is 4.97. The summed E-state index contributed by atoms with van der Waals surface area (Å²) in [6.07, 6.45) is 2.03. The molecule has 0 unspecified atom stereocenters. The first-order valence-corrected chi connectivity index (χ1v) is 13.8. The minimum Gasteiger partial charge on any atom is -0.496 e. The van der Waals surface area contributed by atoms with E-state index < -0.39 is 12.1 Å². The summed E-state index contributed by atoms with van der Waals surface area (Å²) in [5.41, 5.74) is 8.50. The number of benzene rings is 3. The third-order valence-electron chi connectivity index (χ3n) is 7.03. The number of carbonyl (C=O) groups is 2. The normalized spacial score (nSPS) is 14.8. The van der Waals surface area contributed by atoms with Crippen molar-refractivity contribution in [3.05, 3.63) is 94.5 Å². The number of methoxy groups -OCH3 is 1. The van der Waals surface area contributed by atoms with E-state index in [9.17, 15) is 9.59 Å². The van der Waals surface area contributed by atoms with Crippen molar-refractivity contribution in [2.45, 2.75) is 31.9 Å². The molecule has 9 heteroatoms. The largest absolute Gasteiger partial charge is 0.496 e. The molecule has 4 rings (SSSR count). The van der Waals surface area contributed by atoms with Crippen LogP contribution >= 0.6 is 11.6 Å². The number of nitrogens with two attached hydrogens (primary N) is 1. The Morgan fingerprint density at radius 1 is 1.00 bits per heavy atom. The number of anilines is 1. The number of nitrogen functional groups attached to an aromatic ring is 1. The van der Waals surface area contributed by atoms with Crippen molar-refractivity contribution in [1.29, 1.82) is 0 Å². The second-order valence-electron chi connectivity index (χ2n) is 10.0. The molecule has 1 saturated heterocycles. The van der Waals surface area contributed by atoms with E-state index in [2.05, 4.69) is 22.3 Å². The predicted octanol–water partition coefficient (Wildman–Crippen LogP) is 5.34. The van der Waals surface area contributed by atoms with Gasteiger partial charge in [0.25, 0.3) is 0 Å². The number of alkyl carbamates (subject to hydrolysis) is 1. The highest BCUT2D eigenvalue weighted by atomic mass is 35.5. The van der Waals surface area contributed by atoms with Crippen molar-refractivity contribution >= 4 is 29.4 Å². The van der Waals surface area contributed by atoms with Crippen molar-refractivity contribution < 1.29 is 23.8 Å². The summed E-state index contributed by atoms with van der Waals surface area (Å²) >= 11 is 6.09. The molecule has 1 fully saturated rings. The summed E-state index contributed by atoms with van der Waals surface area (Å²) < 4.78 is 16.4. The summed E-state index contributed by atoms with van der Waals surface area (Å²) in [5.74, 6) is 0.0927. The van der Waals surface area contributed by atoms with E-state index in [1.165, 1.54) is 19.2 Å². The molecule has 1 atom stereocenters. The van der Waals surface area contributed by atoms with Crippen molar-refractivity contribution in [3.63, 3.8) is 0 Å². The number of nitrogens with zero attached hydrogens (tertiary/aromatic N) is 1. The number of likely N-dealkylation sites (tertiary alicyclic amines) is 1. The Labute approximate surface area is 240 Å². The Morgan fingerprint density at radius 3 is 2.30 bits per heavy atom. The molecular weight excluding hydrogens is 530 g/mol. The average molecular weight is 566 g/mol. The van der Waals surface area contributed by atoms with Gasteiger partial charge in [0.05, 0.1) is 24.4 Å². The first-order valence-electron chi connectivity index (χ1n) is 13.4. The average Bonchev–Trinajstić information content (AvgIpc) is 2.97. The lowest BCUT2D eigenvalue weighted by atomic mass is 9.96. The summed E-state index contributed by atoms with van der Waals surface area (Å²) in [4.78, 5) is 27.7. The van der Waals surface area contributed by atoms with Gasteiger partial charge in [-0.3, -0.25) is 0 Å². The number of ether oxygens (including phenoxy) is 3. The smallest absolute Gasteiger partial charge is 0.407 e. The van der Waals surface area contributed by atoms with Gasteiger partial charge in [-0.15, -0.1) is 0 Å². The number of hydrogen-bond acceptors (Lipinski definition) is 7. The Kier molecular flexibility index (Phi) is 10.7. The van der Waals surface area contributed by atoms with Crippen molar-refractivity contribution in [1.82, 2.24) is 10.2 Å². The molecular formula is C31H36ClN3O5. The Bertz CT molecular complexity index is 1250. The summed E-state index contributed by atoms with van der Waals surface area (Å²) in [5, 5.41) is 3.35. The second-order valence-corrected chi connectivity index (χ2v) is 10.4.